The summed E-state index contributed by atoms with van der Waals surface area (Å²) in [5, 5.41) is 3.50. The number of aromatic nitrogens is 3. The van der Waals surface area contributed by atoms with Crippen LogP contribution in [0.1, 0.15) is 17.7 Å². The van der Waals surface area contributed by atoms with E-state index in [9.17, 15) is 18.4 Å². The molecule has 2 N–H and O–H groups in total. The summed E-state index contributed by atoms with van der Waals surface area (Å²) >= 11 is 0.178. The molecule has 0 atom stereocenters. The minimum atomic E-state index is -2.67. The number of rotatable bonds is 6. The third kappa shape index (κ3) is 4.68. The summed E-state index contributed by atoms with van der Waals surface area (Å²) in [6.45, 7) is 1.56. The Labute approximate surface area is 157 Å². The summed E-state index contributed by atoms with van der Waals surface area (Å²) in [4.78, 5) is 34.9. The molecule has 27 heavy (non-hydrogen) atoms. The van der Waals surface area contributed by atoms with Crippen LogP contribution >= 0.6 is 11.8 Å². The number of carbonyl (C=O) groups is 1. The highest BCUT2D eigenvalue weighted by Gasteiger charge is 2.14. The average molecular weight is 390 g/mol. The summed E-state index contributed by atoms with van der Waals surface area (Å²) in [5.41, 5.74) is 1.54. The summed E-state index contributed by atoms with van der Waals surface area (Å²) in [5.74, 6) is -2.93. The van der Waals surface area contributed by atoms with Crippen molar-refractivity contribution in [2.24, 2.45) is 0 Å². The van der Waals surface area contributed by atoms with E-state index in [1.54, 1.807) is 31.3 Å². The predicted octanol–water partition coefficient (Wildman–Crippen LogP) is 3.51. The van der Waals surface area contributed by atoms with Crippen LogP contribution in [0.2, 0.25) is 0 Å². The highest BCUT2D eigenvalue weighted by Crippen LogP contribution is 2.22. The fraction of sp³-hybridized carbons (Fsp3) is 0.222. The van der Waals surface area contributed by atoms with Gasteiger partial charge in [-0.3, -0.25) is 14.6 Å². The Morgan fingerprint density at radius 1 is 1.30 bits per heavy atom. The molecule has 0 saturated carbocycles. The topological polar surface area (TPSA) is 87.7 Å². The van der Waals surface area contributed by atoms with Gasteiger partial charge in [0.2, 0.25) is 5.91 Å². The van der Waals surface area contributed by atoms with Crippen molar-refractivity contribution in [3.63, 3.8) is 0 Å². The van der Waals surface area contributed by atoms with Crippen molar-refractivity contribution in [2.75, 3.05) is 5.32 Å². The third-order valence-electron chi connectivity index (χ3n) is 3.92. The SMILES string of the molecule is Cc1nc(SC(F)F)[nH]c(=O)c1CCC(=O)Nc1cccc2ncccc12. The van der Waals surface area contributed by atoms with Crippen molar-refractivity contribution in [1.82, 2.24) is 15.0 Å². The molecule has 1 aromatic carbocycles. The fourth-order valence-corrected chi connectivity index (χ4v) is 3.19. The Morgan fingerprint density at radius 3 is 2.85 bits per heavy atom. The van der Waals surface area contributed by atoms with Crippen LogP contribution in [0.15, 0.2) is 46.5 Å². The molecule has 3 aromatic rings. The van der Waals surface area contributed by atoms with E-state index in [2.05, 4.69) is 20.3 Å². The lowest BCUT2D eigenvalue weighted by Gasteiger charge is -2.09. The fourth-order valence-electron chi connectivity index (χ4n) is 2.68. The number of anilines is 1. The minimum absolute atomic E-state index is 0.0591. The molecule has 0 aliphatic heterocycles. The number of nitrogens with one attached hydrogen (secondary N) is 2. The van der Waals surface area contributed by atoms with Crippen LogP contribution in [0.5, 0.6) is 0 Å². The number of amides is 1. The van der Waals surface area contributed by atoms with E-state index in [0.717, 1.165) is 10.9 Å². The molecule has 140 valence electrons. The lowest BCUT2D eigenvalue weighted by atomic mass is 10.1. The number of thioether (sulfide) groups is 1. The van der Waals surface area contributed by atoms with E-state index in [-0.39, 0.29) is 35.7 Å². The summed E-state index contributed by atoms with van der Waals surface area (Å²) in [7, 11) is 0. The van der Waals surface area contributed by atoms with Gasteiger partial charge in [-0.05, 0) is 49.4 Å². The summed E-state index contributed by atoms with van der Waals surface area (Å²) < 4.78 is 24.8. The first-order valence-electron chi connectivity index (χ1n) is 8.12. The van der Waals surface area contributed by atoms with E-state index in [1.807, 2.05) is 12.1 Å². The molecule has 0 aliphatic carbocycles. The second-order valence-corrected chi connectivity index (χ2v) is 6.72. The van der Waals surface area contributed by atoms with E-state index >= 15 is 0 Å². The molecule has 0 spiro atoms. The van der Waals surface area contributed by atoms with Crippen molar-refractivity contribution in [1.29, 1.82) is 0 Å². The smallest absolute Gasteiger partial charge is 0.291 e. The van der Waals surface area contributed by atoms with Crippen molar-refractivity contribution in [3.8, 4) is 0 Å². The number of carbonyl (C=O) groups excluding carboxylic acids is 1. The maximum atomic E-state index is 12.4. The van der Waals surface area contributed by atoms with Crippen LogP contribution in [0.25, 0.3) is 10.9 Å². The number of benzene rings is 1. The van der Waals surface area contributed by atoms with Gasteiger partial charge in [0.15, 0.2) is 5.16 Å². The summed E-state index contributed by atoms with van der Waals surface area (Å²) in [6, 6.07) is 9.06. The van der Waals surface area contributed by atoms with Gasteiger partial charge in [-0.15, -0.1) is 0 Å². The Kier molecular flexibility index (Phi) is 5.80. The van der Waals surface area contributed by atoms with Gasteiger partial charge in [0.05, 0.1) is 11.2 Å². The lowest BCUT2D eigenvalue weighted by molar-refractivity contribution is -0.116. The molecule has 3 rings (SSSR count). The van der Waals surface area contributed by atoms with Crippen molar-refractivity contribution < 1.29 is 13.6 Å². The zero-order valence-electron chi connectivity index (χ0n) is 14.3. The number of halogens is 2. The Bertz CT molecular complexity index is 1030. The molecule has 0 fully saturated rings. The van der Waals surface area contributed by atoms with Gasteiger partial charge < -0.3 is 10.3 Å². The van der Waals surface area contributed by atoms with E-state index in [1.165, 1.54) is 0 Å². The van der Waals surface area contributed by atoms with Gasteiger partial charge in [0, 0.05) is 29.3 Å². The monoisotopic (exact) mass is 390 g/mol. The van der Waals surface area contributed by atoms with Crippen LogP contribution in [0.3, 0.4) is 0 Å². The third-order valence-corrected chi connectivity index (χ3v) is 4.52. The molecule has 9 heteroatoms. The molecular weight excluding hydrogens is 374 g/mol. The van der Waals surface area contributed by atoms with Gasteiger partial charge >= 0.3 is 0 Å². The number of pyridine rings is 1. The van der Waals surface area contributed by atoms with Crippen molar-refractivity contribution in [3.05, 3.63) is 58.1 Å². The number of nitrogens with zero attached hydrogens (tertiary/aromatic N) is 2. The zero-order valence-corrected chi connectivity index (χ0v) is 15.1. The van der Waals surface area contributed by atoms with Crippen LogP contribution in [0, 0.1) is 6.92 Å². The molecule has 2 aromatic heterocycles. The van der Waals surface area contributed by atoms with Gasteiger partial charge in [0.25, 0.3) is 11.3 Å². The summed E-state index contributed by atoms with van der Waals surface area (Å²) in [6.07, 6.45) is 1.89. The molecule has 0 unspecified atom stereocenters. The van der Waals surface area contributed by atoms with Crippen molar-refractivity contribution >= 4 is 34.3 Å². The largest absolute Gasteiger partial charge is 0.325 e. The van der Waals surface area contributed by atoms with Gasteiger partial charge in [-0.25, -0.2) is 4.98 Å². The quantitative estimate of drug-likeness (QED) is 0.497. The Morgan fingerprint density at radius 2 is 2.11 bits per heavy atom. The Hall–Kier alpha value is -2.81. The molecule has 2 heterocycles. The second-order valence-electron chi connectivity index (χ2n) is 5.74. The zero-order chi connectivity index (χ0) is 19.4. The van der Waals surface area contributed by atoms with E-state index in [0.29, 0.717) is 16.9 Å². The molecule has 1 amide bonds. The van der Waals surface area contributed by atoms with Gasteiger partial charge in [-0.2, -0.15) is 8.78 Å². The lowest BCUT2D eigenvalue weighted by Crippen LogP contribution is -2.20. The molecule has 0 aliphatic rings. The highest BCUT2D eigenvalue weighted by molar-refractivity contribution is 7.99. The highest BCUT2D eigenvalue weighted by atomic mass is 32.2. The Balaban J connectivity index is 1.70. The molecule has 0 saturated heterocycles. The average Bonchev–Trinajstić information content (AvgIpc) is 2.61. The normalized spacial score (nSPS) is 11.1. The first kappa shape index (κ1) is 19.0. The number of alkyl halides is 2. The van der Waals surface area contributed by atoms with Crippen LogP contribution in [0.4, 0.5) is 14.5 Å². The maximum absolute atomic E-state index is 12.4. The number of aromatic amines is 1. The number of hydrogen-bond acceptors (Lipinski definition) is 5. The van der Waals surface area contributed by atoms with Gasteiger partial charge in [-0.1, -0.05) is 6.07 Å². The molecule has 6 nitrogen and oxygen atoms in total. The molecular formula is C18H16F2N4O2S. The van der Waals surface area contributed by atoms with E-state index in [4.69, 9.17) is 0 Å². The number of H-pyrrole nitrogens is 1. The maximum Gasteiger partial charge on any atom is 0.291 e. The van der Waals surface area contributed by atoms with E-state index < -0.39 is 11.3 Å². The van der Waals surface area contributed by atoms with Crippen molar-refractivity contribution in [2.45, 2.75) is 30.7 Å². The van der Waals surface area contributed by atoms with Crippen LogP contribution in [-0.2, 0) is 11.2 Å². The predicted molar refractivity (Wildman–Crippen MR) is 100 cm³/mol. The standard InChI is InChI=1S/C18H16F2N4O2S/c1-10-11(16(26)24-18(22-10)27-17(19)20)7-8-15(25)23-14-6-2-5-13-12(14)4-3-9-21-13/h2-6,9,17H,7-8H2,1H3,(H,23,25)(H,22,24,26). The molecule has 0 bridgehead atoms. The van der Waals surface area contributed by atoms with Crippen LogP contribution in [-0.4, -0.2) is 26.6 Å². The van der Waals surface area contributed by atoms with Gasteiger partial charge in [0.1, 0.15) is 0 Å². The first-order valence-corrected chi connectivity index (χ1v) is 9.00. The molecule has 0 radical (unpaired) electrons. The number of fused-ring (bicyclic) bond motifs is 1. The first-order chi connectivity index (χ1) is 12.9. The number of hydrogen-bond donors (Lipinski definition) is 2. The minimum Gasteiger partial charge on any atom is -0.325 e. The van der Waals surface area contributed by atoms with Crippen LogP contribution < -0.4 is 10.9 Å². The number of aryl methyl sites for hydroxylation is 1. The second kappa shape index (κ2) is 8.26.